The van der Waals surface area contributed by atoms with Crippen molar-refractivity contribution in [1.29, 1.82) is 0 Å². The van der Waals surface area contributed by atoms with Crippen molar-refractivity contribution in [3.63, 3.8) is 0 Å². The number of methoxy groups -OCH3 is 1. The molecule has 0 radical (unpaired) electrons. The molecule has 0 aromatic carbocycles. The van der Waals surface area contributed by atoms with Gasteiger partial charge in [-0.3, -0.25) is 14.4 Å². The van der Waals surface area contributed by atoms with Gasteiger partial charge in [0.25, 0.3) is 0 Å². The van der Waals surface area contributed by atoms with E-state index in [4.69, 9.17) is 18.9 Å². The third kappa shape index (κ3) is 37.2. The molecule has 0 fully saturated rings. The predicted molar refractivity (Wildman–Crippen MR) is 217 cm³/mol. The quantitative estimate of drug-likeness (QED) is 0.0575. The van der Waals surface area contributed by atoms with Crippen LogP contribution in [0.1, 0.15) is 220 Å². The van der Waals surface area contributed by atoms with Crippen LogP contribution in [0.3, 0.4) is 0 Å². The Bertz CT molecular complexity index is 750. The van der Waals surface area contributed by atoms with Crippen LogP contribution in [0, 0.1) is 0 Å². The molecule has 0 heterocycles. The molecule has 308 valence electrons. The van der Waals surface area contributed by atoms with E-state index in [1.165, 1.54) is 135 Å². The van der Waals surface area contributed by atoms with Gasteiger partial charge in [-0.2, -0.15) is 0 Å². The monoisotopic (exact) mass is 739 g/mol. The van der Waals surface area contributed by atoms with Crippen molar-refractivity contribution in [3.8, 4) is 0 Å². The number of ketones is 3. The summed E-state index contributed by atoms with van der Waals surface area (Å²) in [5, 5.41) is 0. The third-order valence-electron chi connectivity index (χ3n) is 10.2. The second kappa shape index (κ2) is 41.0. The Morgan fingerprint density at radius 2 is 0.692 bits per heavy atom. The molecule has 7 heteroatoms. The summed E-state index contributed by atoms with van der Waals surface area (Å²) in [5.74, 6) is 0.279. The van der Waals surface area contributed by atoms with E-state index in [9.17, 15) is 14.4 Å². The van der Waals surface area contributed by atoms with Gasteiger partial charge in [0.2, 0.25) is 0 Å². The minimum Gasteiger partial charge on any atom is -0.381 e. The smallest absolute Gasteiger partial charge is 0.158 e. The average Bonchev–Trinajstić information content (AvgIpc) is 3.14. The summed E-state index contributed by atoms with van der Waals surface area (Å²) >= 11 is 0. The maximum atomic E-state index is 12.6. The molecule has 0 aliphatic rings. The Balaban J connectivity index is 4.28. The zero-order valence-electron chi connectivity index (χ0n) is 35.0. The number of unbranched alkanes of at least 4 members (excludes halogenated alkanes) is 22. The molecule has 0 saturated heterocycles. The van der Waals surface area contributed by atoms with Crippen LogP contribution < -0.4 is 0 Å². The van der Waals surface area contributed by atoms with Gasteiger partial charge in [0, 0.05) is 26.4 Å². The first kappa shape index (κ1) is 50.9. The Morgan fingerprint density at radius 1 is 0.385 bits per heavy atom. The van der Waals surface area contributed by atoms with E-state index in [1.807, 2.05) is 7.11 Å². The van der Waals surface area contributed by atoms with Gasteiger partial charge in [0.15, 0.2) is 17.3 Å². The molecule has 0 aromatic rings. The van der Waals surface area contributed by atoms with Gasteiger partial charge in [0.1, 0.15) is 25.9 Å². The average molecular weight is 739 g/mol. The first-order valence-corrected chi connectivity index (χ1v) is 22.3. The molecular weight excluding hydrogens is 652 g/mol. The summed E-state index contributed by atoms with van der Waals surface area (Å²) in [6, 6.07) is 0. The molecule has 0 saturated carbocycles. The number of ether oxygens (including phenoxy) is 4. The van der Waals surface area contributed by atoms with Gasteiger partial charge >= 0.3 is 0 Å². The summed E-state index contributed by atoms with van der Waals surface area (Å²) in [6.07, 6.45) is 35.0. The minimum atomic E-state index is -0.484. The van der Waals surface area contributed by atoms with E-state index >= 15 is 0 Å². The van der Waals surface area contributed by atoms with E-state index in [-0.39, 0.29) is 50.4 Å². The van der Waals surface area contributed by atoms with Gasteiger partial charge in [-0.15, -0.1) is 0 Å². The van der Waals surface area contributed by atoms with Crippen LogP contribution in [0.2, 0.25) is 0 Å². The zero-order chi connectivity index (χ0) is 38.2. The van der Waals surface area contributed by atoms with Gasteiger partial charge in [-0.1, -0.05) is 168 Å². The molecule has 0 aliphatic carbocycles. The Morgan fingerprint density at radius 3 is 1.06 bits per heavy atom. The fourth-order valence-electron chi connectivity index (χ4n) is 6.67. The standard InChI is InChI=1S/C45H86O7/c1-5-8-11-14-18-22-26-31-41(46)36-50-39-45(40-51-37-42(47)32-27-23-19-15-12-9-6-2)52-38-43(48)33-28-24-20-16-17-21-25-30-35-44(49-4)34-29-13-10-7-3/h44-45H,5-40H2,1-4H3. The maximum Gasteiger partial charge on any atom is 0.158 e. The number of carbonyl (C=O) groups excluding carboxylic acids is 3. The molecule has 0 amide bonds. The highest BCUT2D eigenvalue weighted by molar-refractivity contribution is 5.80. The highest BCUT2D eigenvalue weighted by Crippen LogP contribution is 2.16. The summed E-state index contributed by atoms with van der Waals surface area (Å²) < 4.78 is 23.0. The van der Waals surface area contributed by atoms with Crippen molar-refractivity contribution in [2.24, 2.45) is 0 Å². The van der Waals surface area contributed by atoms with Crippen LogP contribution in [0.15, 0.2) is 0 Å². The summed E-state index contributed by atoms with van der Waals surface area (Å²) in [7, 11) is 1.86. The topological polar surface area (TPSA) is 88.1 Å². The normalized spacial score (nSPS) is 12.2. The van der Waals surface area contributed by atoms with E-state index < -0.39 is 6.10 Å². The minimum absolute atomic E-state index is 0.0103. The van der Waals surface area contributed by atoms with Crippen molar-refractivity contribution in [2.45, 2.75) is 232 Å². The molecule has 52 heavy (non-hydrogen) atoms. The maximum absolute atomic E-state index is 12.6. The van der Waals surface area contributed by atoms with Crippen LogP contribution >= 0.6 is 0 Å². The summed E-state index contributed by atoms with van der Waals surface area (Å²) in [6.45, 7) is 7.15. The molecule has 0 bridgehead atoms. The van der Waals surface area contributed by atoms with Crippen molar-refractivity contribution >= 4 is 17.3 Å². The molecule has 1 atom stereocenters. The lowest BCUT2D eigenvalue weighted by atomic mass is 10.0. The van der Waals surface area contributed by atoms with Crippen LogP contribution in [-0.2, 0) is 33.3 Å². The SMILES string of the molecule is CCCCCCCCCC(=O)COCC(COCC(=O)CCCCCCCCC)OCC(=O)CCCCCCCCCCC(CCCCCC)OC. The lowest BCUT2D eigenvalue weighted by Gasteiger charge is -2.18. The van der Waals surface area contributed by atoms with Crippen molar-refractivity contribution < 1.29 is 33.3 Å². The van der Waals surface area contributed by atoms with Crippen LogP contribution in [0.25, 0.3) is 0 Å². The molecule has 0 N–H and O–H groups in total. The molecule has 7 nitrogen and oxygen atoms in total. The summed E-state index contributed by atoms with van der Waals surface area (Å²) in [4.78, 5) is 37.4. The van der Waals surface area contributed by atoms with E-state index in [0.29, 0.717) is 25.4 Å². The fraction of sp³-hybridized carbons (Fsp3) is 0.933. The van der Waals surface area contributed by atoms with E-state index in [0.717, 1.165) is 44.9 Å². The lowest BCUT2D eigenvalue weighted by Crippen LogP contribution is -2.30. The molecule has 0 aromatic heterocycles. The van der Waals surface area contributed by atoms with E-state index in [2.05, 4.69) is 20.8 Å². The van der Waals surface area contributed by atoms with Gasteiger partial charge < -0.3 is 18.9 Å². The van der Waals surface area contributed by atoms with Gasteiger partial charge in [-0.05, 0) is 32.1 Å². The van der Waals surface area contributed by atoms with Crippen molar-refractivity contribution in [3.05, 3.63) is 0 Å². The number of hydrogen-bond donors (Lipinski definition) is 0. The fourth-order valence-corrected chi connectivity index (χ4v) is 6.67. The predicted octanol–water partition coefficient (Wildman–Crippen LogP) is 12.3. The number of hydrogen-bond acceptors (Lipinski definition) is 7. The molecule has 0 aliphatic heterocycles. The highest BCUT2D eigenvalue weighted by atomic mass is 16.6. The largest absolute Gasteiger partial charge is 0.381 e. The summed E-state index contributed by atoms with van der Waals surface area (Å²) in [5.41, 5.74) is 0. The van der Waals surface area contributed by atoms with Crippen LogP contribution in [0.4, 0.5) is 0 Å². The molecular formula is C45H86O7. The Labute approximate surface area is 322 Å². The third-order valence-corrected chi connectivity index (χ3v) is 10.2. The van der Waals surface area contributed by atoms with Crippen LogP contribution in [0.5, 0.6) is 0 Å². The number of rotatable bonds is 44. The molecule has 0 spiro atoms. The molecule has 0 rings (SSSR count). The first-order valence-electron chi connectivity index (χ1n) is 22.3. The number of carbonyl (C=O) groups is 3. The molecule has 1 unspecified atom stereocenters. The highest BCUT2D eigenvalue weighted by Gasteiger charge is 2.15. The van der Waals surface area contributed by atoms with Crippen molar-refractivity contribution in [2.75, 3.05) is 40.1 Å². The Kier molecular flexibility index (Phi) is 40.1. The number of Topliss-reactive ketones (excluding diaryl/α,β-unsaturated/α-hetero) is 3. The van der Waals surface area contributed by atoms with Gasteiger partial charge in [0.05, 0.1) is 19.3 Å². The zero-order valence-corrected chi connectivity index (χ0v) is 35.0. The Hall–Kier alpha value is -1.15. The second-order valence-electron chi connectivity index (χ2n) is 15.4. The lowest BCUT2D eigenvalue weighted by molar-refractivity contribution is -0.135. The first-order chi connectivity index (χ1) is 25.5. The second-order valence-corrected chi connectivity index (χ2v) is 15.4. The van der Waals surface area contributed by atoms with E-state index in [1.54, 1.807) is 0 Å². The van der Waals surface area contributed by atoms with Crippen molar-refractivity contribution in [1.82, 2.24) is 0 Å². The van der Waals surface area contributed by atoms with Gasteiger partial charge in [-0.25, -0.2) is 0 Å². The van der Waals surface area contributed by atoms with Crippen LogP contribution in [-0.4, -0.2) is 69.7 Å².